The molecule has 2 aliphatic rings. The summed E-state index contributed by atoms with van der Waals surface area (Å²) in [6, 6.07) is 9.48. The van der Waals surface area contributed by atoms with E-state index < -0.39 is 0 Å². The van der Waals surface area contributed by atoms with Crippen LogP contribution in [0.5, 0.6) is 0 Å². The molecule has 4 nitrogen and oxygen atoms in total. The van der Waals surface area contributed by atoms with Crippen LogP contribution in [0.25, 0.3) is 0 Å². The van der Waals surface area contributed by atoms with Crippen LogP contribution in [0.1, 0.15) is 51.9 Å². The molecule has 4 heteroatoms. The topological polar surface area (TPSA) is 40.6 Å². The second-order valence-electron chi connectivity index (χ2n) is 7.02. The minimum Gasteiger partial charge on any atom is -0.331 e. The second-order valence-corrected chi connectivity index (χ2v) is 7.02. The van der Waals surface area contributed by atoms with E-state index >= 15 is 0 Å². The van der Waals surface area contributed by atoms with Crippen molar-refractivity contribution in [1.82, 2.24) is 4.90 Å². The van der Waals surface area contributed by atoms with Gasteiger partial charge in [0.05, 0.1) is 0 Å². The fraction of sp³-hybridized carbons (Fsp3) is 0.600. The number of amides is 2. The Morgan fingerprint density at radius 1 is 1.12 bits per heavy atom. The largest absolute Gasteiger partial charge is 0.331 e. The van der Waals surface area contributed by atoms with Gasteiger partial charge in [-0.05, 0) is 44.2 Å². The van der Waals surface area contributed by atoms with E-state index in [1.54, 1.807) is 0 Å². The average molecular weight is 328 g/mol. The van der Waals surface area contributed by atoms with Crippen molar-refractivity contribution in [3.05, 3.63) is 30.3 Å². The lowest BCUT2D eigenvalue weighted by Crippen LogP contribution is -2.45. The molecule has 24 heavy (non-hydrogen) atoms. The van der Waals surface area contributed by atoms with E-state index in [0.29, 0.717) is 25.4 Å². The van der Waals surface area contributed by atoms with E-state index in [0.717, 1.165) is 24.9 Å². The van der Waals surface area contributed by atoms with Crippen LogP contribution in [-0.2, 0) is 9.59 Å². The fourth-order valence-electron chi connectivity index (χ4n) is 4.14. The number of rotatable bonds is 5. The quantitative estimate of drug-likeness (QED) is 0.828. The summed E-state index contributed by atoms with van der Waals surface area (Å²) in [4.78, 5) is 29.2. The predicted octanol–water partition coefficient (Wildman–Crippen LogP) is 3.61. The molecule has 0 bridgehead atoms. The van der Waals surface area contributed by atoms with Gasteiger partial charge in [-0.15, -0.1) is 0 Å². The maximum atomic E-state index is 12.8. The van der Waals surface area contributed by atoms with E-state index in [1.165, 1.54) is 19.3 Å². The van der Waals surface area contributed by atoms with Crippen molar-refractivity contribution < 1.29 is 9.59 Å². The summed E-state index contributed by atoms with van der Waals surface area (Å²) >= 11 is 0. The van der Waals surface area contributed by atoms with Gasteiger partial charge in [-0.2, -0.15) is 0 Å². The second kappa shape index (κ2) is 7.82. The molecule has 1 unspecified atom stereocenters. The number of para-hydroxylation sites is 1. The standard InChI is InChI=1S/C20H28N2O2/c1-2-21(19(23)15-16-9-5-3-6-10-16)18-13-14-22(20(18)24)17-11-7-4-8-12-17/h4,7-8,11-12,16,18H,2-3,5-6,9-10,13-15H2,1H3. The van der Waals surface area contributed by atoms with E-state index in [4.69, 9.17) is 0 Å². The molecule has 1 aromatic rings. The van der Waals surface area contributed by atoms with E-state index in [-0.39, 0.29) is 17.9 Å². The highest BCUT2D eigenvalue weighted by atomic mass is 16.2. The molecule has 130 valence electrons. The number of anilines is 1. The van der Waals surface area contributed by atoms with Crippen LogP contribution in [0.15, 0.2) is 30.3 Å². The molecule has 0 N–H and O–H groups in total. The maximum Gasteiger partial charge on any atom is 0.249 e. The van der Waals surface area contributed by atoms with Gasteiger partial charge in [0, 0.05) is 25.2 Å². The van der Waals surface area contributed by atoms with Gasteiger partial charge in [0.15, 0.2) is 0 Å². The molecule has 0 radical (unpaired) electrons. The van der Waals surface area contributed by atoms with Crippen LogP contribution < -0.4 is 4.90 Å². The molecule has 1 aliphatic heterocycles. The Morgan fingerprint density at radius 3 is 2.50 bits per heavy atom. The highest BCUT2D eigenvalue weighted by Gasteiger charge is 2.38. The van der Waals surface area contributed by atoms with Crippen molar-refractivity contribution in [2.45, 2.75) is 57.9 Å². The molecule has 1 aromatic carbocycles. The summed E-state index contributed by atoms with van der Waals surface area (Å²) in [6.07, 6.45) is 7.47. The molecule has 2 fully saturated rings. The van der Waals surface area contributed by atoms with E-state index in [9.17, 15) is 9.59 Å². The Labute approximate surface area is 144 Å². The number of carbonyl (C=O) groups excluding carboxylic acids is 2. The Bertz CT molecular complexity index is 566. The van der Waals surface area contributed by atoms with Gasteiger partial charge >= 0.3 is 0 Å². The van der Waals surface area contributed by atoms with Crippen LogP contribution in [-0.4, -0.2) is 35.8 Å². The van der Waals surface area contributed by atoms with Gasteiger partial charge in [0.1, 0.15) is 6.04 Å². The number of hydrogen-bond acceptors (Lipinski definition) is 2. The first kappa shape index (κ1) is 17.0. The minimum atomic E-state index is -0.286. The highest BCUT2D eigenvalue weighted by Crippen LogP contribution is 2.29. The van der Waals surface area contributed by atoms with Crippen molar-refractivity contribution in [3.63, 3.8) is 0 Å². The smallest absolute Gasteiger partial charge is 0.249 e. The normalized spacial score (nSPS) is 22.0. The monoisotopic (exact) mass is 328 g/mol. The van der Waals surface area contributed by atoms with Gasteiger partial charge in [-0.3, -0.25) is 9.59 Å². The van der Waals surface area contributed by atoms with Crippen LogP contribution in [0.4, 0.5) is 5.69 Å². The fourth-order valence-corrected chi connectivity index (χ4v) is 4.14. The average Bonchev–Trinajstić information content (AvgIpc) is 2.99. The van der Waals surface area contributed by atoms with Crippen molar-refractivity contribution in [2.75, 3.05) is 18.0 Å². The SMILES string of the molecule is CCN(C(=O)CC1CCCCC1)C1CCN(c2ccccc2)C1=O. The van der Waals surface area contributed by atoms with E-state index in [2.05, 4.69) is 0 Å². The molecular formula is C20H28N2O2. The molecule has 1 saturated heterocycles. The zero-order chi connectivity index (χ0) is 16.9. The summed E-state index contributed by atoms with van der Waals surface area (Å²) in [5, 5.41) is 0. The molecular weight excluding hydrogens is 300 g/mol. The van der Waals surface area contributed by atoms with Crippen molar-refractivity contribution in [3.8, 4) is 0 Å². The zero-order valence-electron chi connectivity index (χ0n) is 14.6. The first-order valence-electron chi connectivity index (χ1n) is 9.36. The lowest BCUT2D eigenvalue weighted by atomic mass is 9.86. The Morgan fingerprint density at radius 2 is 1.83 bits per heavy atom. The third kappa shape index (κ3) is 3.63. The molecule has 1 atom stereocenters. The summed E-state index contributed by atoms with van der Waals surface area (Å²) in [6.45, 7) is 3.29. The lowest BCUT2D eigenvalue weighted by molar-refractivity contribution is -0.139. The van der Waals surface area contributed by atoms with Crippen molar-refractivity contribution in [2.24, 2.45) is 5.92 Å². The van der Waals surface area contributed by atoms with E-state index in [1.807, 2.05) is 47.1 Å². The van der Waals surface area contributed by atoms with Crippen LogP contribution in [0.2, 0.25) is 0 Å². The van der Waals surface area contributed by atoms with Gasteiger partial charge in [-0.25, -0.2) is 0 Å². The molecule has 1 aliphatic carbocycles. The Hall–Kier alpha value is -1.84. The summed E-state index contributed by atoms with van der Waals surface area (Å²) in [5.41, 5.74) is 0.931. The first-order chi connectivity index (χ1) is 11.7. The number of benzene rings is 1. The zero-order valence-corrected chi connectivity index (χ0v) is 14.6. The predicted molar refractivity (Wildman–Crippen MR) is 95.8 cm³/mol. The molecule has 1 heterocycles. The van der Waals surface area contributed by atoms with Crippen molar-refractivity contribution in [1.29, 1.82) is 0 Å². The summed E-state index contributed by atoms with van der Waals surface area (Å²) in [5.74, 6) is 0.750. The highest BCUT2D eigenvalue weighted by molar-refractivity contribution is 6.01. The minimum absolute atomic E-state index is 0.0695. The molecule has 0 spiro atoms. The third-order valence-electron chi connectivity index (χ3n) is 5.47. The molecule has 2 amide bonds. The number of likely N-dealkylation sites (N-methyl/N-ethyl adjacent to an activating group) is 1. The third-order valence-corrected chi connectivity index (χ3v) is 5.47. The number of nitrogens with zero attached hydrogens (tertiary/aromatic N) is 2. The Balaban J connectivity index is 1.65. The van der Waals surface area contributed by atoms with Crippen LogP contribution in [0, 0.1) is 5.92 Å². The summed E-state index contributed by atoms with van der Waals surface area (Å²) in [7, 11) is 0. The van der Waals surface area contributed by atoms with Gasteiger partial charge in [0.2, 0.25) is 11.8 Å². The molecule has 1 saturated carbocycles. The molecule has 3 rings (SSSR count). The van der Waals surface area contributed by atoms with Crippen molar-refractivity contribution >= 4 is 17.5 Å². The summed E-state index contributed by atoms with van der Waals surface area (Å²) < 4.78 is 0. The van der Waals surface area contributed by atoms with Gasteiger partial charge in [-0.1, -0.05) is 37.5 Å². The Kier molecular flexibility index (Phi) is 5.54. The maximum absolute atomic E-state index is 12.8. The van der Waals surface area contributed by atoms with Crippen LogP contribution in [0.3, 0.4) is 0 Å². The van der Waals surface area contributed by atoms with Gasteiger partial charge in [0.25, 0.3) is 0 Å². The van der Waals surface area contributed by atoms with Gasteiger partial charge < -0.3 is 9.80 Å². The lowest BCUT2D eigenvalue weighted by Gasteiger charge is -2.29. The van der Waals surface area contributed by atoms with Crippen LogP contribution >= 0.6 is 0 Å². The molecule has 0 aromatic heterocycles. The number of hydrogen-bond donors (Lipinski definition) is 0. The number of carbonyl (C=O) groups is 2. The first-order valence-corrected chi connectivity index (χ1v) is 9.36.